The number of carbonyl (C=O) groups excluding carboxylic acids is 4. The number of methoxy groups -OCH3 is 1. The van der Waals surface area contributed by atoms with Crippen molar-refractivity contribution in [3.8, 4) is 0 Å². The van der Waals surface area contributed by atoms with Crippen molar-refractivity contribution in [1.29, 1.82) is 0 Å². The van der Waals surface area contributed by atoms with Crippen LogP contribution < -0.4 is 10.6 Å². The summed E-state index contributed by atoms with van der Waals surface area (Å²) in [7, 11) is 1.19. The Hall–Kier alpha value is -2.90. The van der Waals surface area contributed by atoms with Crippen LogP contribution in [0.3, 0.4) is 0 Å². The zero-order valence-corrected chi connectivity index (χ0v) is 14.0. The third-order valence-electron chi connectivity index (χ3n) is 2.63. The fourth-order valence-corrected chi connectivity index (χ4v) is 1.69. The van der Waals surface area contributed by atoms with Crippen molar-refractivity contribution in [2.45, 2.75) is 26.3 Å². The number of benzene rings is 1. The topological polar surface area (TPSA) is 111 Å². The first-order valence-corrected chi connectivity index (χ1v) is 7.10. The lowest BCUT2D eigenvalue weighted by Crippen LogP contribution is -2.49. The van der Waals surface area contributed by atoms with Crippen LogP contribution in [-0.2, 0) is 14.3 Å². The van der Waals surface area contributed by atoms with Crippen LogP contribution in [0, 0.1) is 0 Å². The first-order chi connectivity index (χ1) is 11.1. The highest BCUT2D eigenvalue weighted by molar-refractivity contribution is 6.04. The summed E-state index contributed by atoms with van der Waals surface area (Å²) in [5, 5.41) is 4.56. The Bertz CT molecular complexity index is 648. The van der Waals surface area contributed by atoms with Crippen LogP contribution in [0.25, 0.3) is 0 Å². The van der Waals surface area contributed by atoms with Crippen molar-refractivity contribution >= 4 is 23.9 Å². The van der Waals surface area contributed by atoms with Crippen molar-refractivity contribution in [2.75, 3.05) is 13.7 Å². The Balaban J connectivity index is 2.62. The molecule has 0 aliphatic rings. The molecule has 0 saturated heterocycles. The van der Waals surface area contributed by atoms with E-state index in [4.69, 9.17) is 4.74 Å². The van der Waals surface area contributed by atoms with Crippen LogP contribution in [-0.4, -0.2) is 43.1 Å². The van der Waals surface area contributed by atoms with E-state index < -0.39 is 36.0 Å². The summed E-state index contributed by atoms with van der Waals surface area (Å²) >= 11 is 0. The molecule has 0 bridgehead atoms. The molecule has 2 N–H and O–H groups in total. The average Bonchev–Trinajstić information content (AvgIpc) is 2.49. The van der Waals surface area contributed by atoms with Gasteiger partial charge in [0, 0.05) is 5.54 Å². The van der Waals surface area contributed by atoms with Crippen molar-refractivity contribution < 1.29 is 28.7 Å². The SMILES string of the molecule is COC(=O)c1ccccc1C(=O)OCC(=O)NC(=O)NC(C)(C)C. The molecule has 0 saturated carbocycles. The van der Waals surface area contributed by atoms with Crippen molar-refractivity contribution in [3.05, 3.63) is 35.4 Å². The maximum absolute atomic E-state index is 12.0. The number of hydrogen-bond donors (Lipinski definition) is 2. The van der Waals surface area contributed by atoms with Gasteiger partial charge in [0.15, 0.2) is 6.61 Å². The highest BCUT2D eigenvalue weighted by atomic mass is 16.5. The zero-order chi connectivity index (χ0) is 18.3. The van der Waals surface area contributed by atoms with Crippen LogP contribution in [0.2, 0.25) is 0 Å². The average molecular weight is 336 g/mol. The van der Waals surface area contributed by atoms with Crippen molar-refractivity contribution in [3.63, 3.8) is 0 Å². The maximum Gasteiger partial charge on any atom is 0.339 e. The van der Waals surface area contributed by atoms with Crippen LogP contribution in [0.5, 0.6) is 0 Å². The molecular weight excluding hydrogens is 316 g/mol. The van der Waals surface area contributed by atoms with Gasteiger partial charge >= 0.3 is 18.0 Å². The second-order valence-corrected chi connectivity index (χ2v) is 5.87. The lowest BCUT2D eigenvalue weighted by molar-refractivity contribution is -0.123. The van der Waals surface area contributed by atoms with E-state index >= 15 is 0 Å². The second-order valence-electron chi connectivity index (χ2n) is 5.87. The lowest BCUT2D eigenvalue weighted by Gasteiger charge is -2.20. The highest BCUT2D eigenvalue weighted by Crippen LogP contribution is 2.11. The normalized spacial score (nSPS) is 10.5. The minimum Gasteiger partial charge on any atom is -0.465 e. The van der Waals surface area contributed by atoms with Crippen molar-refractivity contribution in [2.24, 2.45) is 0 Å². The summed E-state index contributed by atoms with van der Waals surface area (Å²) in [5.74, 6) is -2.36. The minimum absolute atomic E-state index is 0.0240. The smallest absolute Gasteiger partial charge is 0.339 e. The van der Waals surface area contributed by atoms with E-state index in [0.29, 0.717) is 0 Å². The van der Waals surface area contributed by atoms with Crippen molar-refractivity contribution in [1.82, 2.24) is 10.6 Å². The van der Waals surface area contributed by atoms with Crippen LogP contribution >= 0.6 is 0 Å². The second kappa shape index (κ2) is 8.09. The standard InChI is InChI=1S/C16H20N2O6/c1-16(2,3)18-15(22)17-12(19)9-24-14(21)11-8-6-5-7-10(11)13(20)23-4/h5-8H,9H2,1-4H3,(H2,17,18,19,22). The molecule has 0 aromatic heterocycles. The molecule has 0 unspecified atom stereocenters. The maximum atomic E-state index is 12.0. The monoisotopic (exact) mass is 336 g/mol. The van der Waals surface area contributed by atoms with E-state index in [0.717, 1.165) is 0 Å². The number of carbonyl (C=O) groups is 4. The minimum atomic E-state index is -0.873. The Morgan fingerprint density at radius 1 is 1.00 bits per heavy atom. The first kappa shape index (κ1) is 19.1. The van der Waals surface area contributed by atoms with E-state index in [2.05, 4.69) is 10.1 Å². The van der Waals surface area contributed by atoms with E-state index in [1.807, 2.05) is 5.32 Å². The van der Waals surface area contributed by atoms with Gasteiger partial charge in [-0.15, -0.1) is 0 Å². The molecule has 0 spiro atoms. The molecule has 130 valence electrons. The van der Waals surface area contributed by atoms with Gasteiger partial charge in [-0.1, -0.05) is 12.1 Å². The van der Waals surface area contributed by atoms with E-state index in [1.165, 1.54) is 19.2 Å². The summed E-state index contributed by atoms with van der Waals surface area (Å²) in [6, 6.07) is 5.18. The molecule has 0 radical (unpaired) electrons. The van der Waals surface area contributed by atoms with Gasteiger partial charge in [-0.2, -0.15) is 0 Å². The van der Waals surface area contributed by atoms with Gasteiger partial charge in [-0.05, 0) is 32.9 Å². The molecule has 1 aromatic rings. The van der Waals surface area contributed by atoms with Gasteiger partial charge in [0.1, 0.15) is 0 Å². The fraction of sp³-hybridized carbons (Fsp3) is 0.375. The molecule has 1 rings (SSSR count). The van der Waals surface area contributed by atoms with Gasteiger partial charge in [0.2, 0.25) is 0 Å². The Kier molecular flexibility index (Phi) is 6.46. The van der Waals surface area contributed by atoms with Gasteiger partial charge in [0.05, 0.1) is 18.2 Å². The van der Waals surface area contributed by atoms with Crippen LogP contribution in [0.15, 0.2) is 24.3 Å². The van der Waals surface area contributed by atoms with Gasteiger partial charge < -0.3 is 14.8 Å². The summed E-state index contributed by atoms with van der Waals surface area (Å²) in [6.45, 7) is 4.59. The Morgan fingerprint density at radius 3 is 2.04 bits per heavy atom. The first-order valence-electron chi connectivity index (χ1n) is 7.10. The Labute approximate surface area is 139 Å². The molecule has 0 aliphatic carbocycles. The molecular formula is C16H20N2O6. The molecule has 0 atom stereocenters. The summed E-state index contributed by atoms with van der Waals surface area (Å²) < 4.78 is 9.39. The van der Waals surface area contributed by atoms with Crippen LogP contribution in [0.4, 0.5) is 4.79 Å². The number of urea groups is 1. The molecule has 3 amide bonds. The molecule has 24 heavy (non-hydrogen) atoms. The number of nitrogens with one attached hydrogen (secondary N) is 2. The number of imide groups is 1. The van der Waals surface area contributed by atoms with E-state index in [-0.39, 0.29) is 11.1 Å². The fourth-order valence-electron chi connectivity index (χ4n) is 1.69. The molecule has 8 nitrogen and oxygen atoms in total. The van der Waals surface area contributed by atoms with Gasteiger partial charge in [-0.3, -0.25) is 10.1 Å². The van der Waals surface area contributed by atoms with Gasteiger partial charge in [-0.25, -0.2) is 14.4 Å². The molecule has 0 fully saturated rings. The number of rotatable bonds is 4. The summed E-state index contributed by atoms with van der Waals surface area (Å²) in [6.07, 6.45) is 0. The third-order valence-corrected chi connectivity index (χ3v) is 2.63. The summed E-state index contributed by atoms with van der Waals surface area (Å²) in [5.41, 5.74) is -0.521. The molecule has 0 aliphatic heterocycles. The number of hydrogen-bond acceptors (Lipinski definition) is 6. The largest absolute Gasteiger partial charge is 0.465 e. The molecule has 0 heterocycles. The number of amides is 3. The lowest BCUT2D eigenvalue weighted by atomic mass is 10.1. The van der Waals surface area contributed by atoms with E-state index in [9.17, 15) is 19.2 Å². The predicted octanol–water partition coefficient (Wildman–Crippen LogP) is 1.25. The third kappa shape index (κ3) is 6.07. The van der Waals surface area contributed by atoms with Gasteiger partial charge in [0.25, 0.3) is 5.91 Å². The molecule has 8 heteroatoms. The van der Waals surface area contributed by atoms with Crippen LogP contribution in [0.1, 0.15) is 41.5 Å². The quantitative estimate of drug-likeness (QED) is 0.801. The number of esters is 2. The summed E-state index contributed by atoms with van der Waals surface area (Å²) in [4.78, 5) is 46.7. The number of ether oxygens (including phenoxy) is 2. The zero-order valence-electron chi connectivity index (χ0n) is 14.0. The predicted molar refractivity (Wildman–Crippen MR) is 84.5 cm³/mol. The molecule has 1 aromatic carbocycles. The van der Waals surface area contributed by atoms with E-state index in [1.54, 1.807) is 32.9 Å². The Morgan fingerprint density at radius 2 is 1.54 bits per heavy atom. The highest BCUT2D eigenvalue weighted by Gasteiger charge is 2.20.